The Morgan fingerprint density at radius 3 is 2.35 bits per heavy atom. The van der Waals surface area contributed by atoms with Crippen molar-refractivity contribution in [3.8, 4) is 0 Å². The number of benzene rings is 2. The predicted octanol–water partition coefficient (Wildman–Crippen LogP) is 4.37. The van der Waals surface area contributed by atoms with Gasteiger partial charge in [-0.15, -0.1) is 0 Å². The van der Waals surface area contributed by atoms with E-state index in [4.69, 9.17) is 0 Å². The molecule has 0 spiro atoms. The summed E-state index contributed by atoms with van der Waals surface area (Å²) in [7, 11) is 0. The van der Waals surface area contributed by atoms with Crippen molar-refractivity contribution in [2.24, 2.45) is 10.2 Å². The first-order chi connectivity index (χ1) is 12.7. The Kier molecular flexibility index (Phi) is 6.07. The zero-order valence-electron chi connectivity index (χ0n) is 14.6. The molecule has 1 aliphatic heterocycles. The molecule has 1 aliphatic rings. The van der Waals surface area contributed by atoms with Gasteiger partial charge in [0.05, 0.1) is 17.9 Å². The predicted molar refractivity (Wildman–Crippen MR) is 102 cm³/mol. The molecule has 0 saturated carbocycles. The number of alkyl halides is 2. The van der Waals surface area contributed by atoms with Crippen molar-refractivity contribution in [2.75, 3.05) is 18.1 Å². The smallest absolute Gasteiger partial charge is 0.239 e. The van der Waals surface area contributed by atoms with E-state index in [1.807, 2.05) is 42.5 Å². The molecule has 6 heteroatoms. The van der Waals surface area contributed by atoms with Gasteiger partial charge in [0, 0.05) is 26.2 Å². The first kappa shape index (κ1) is 18.2. The number of halogens is 2. The third kappa shape index (κ3) is 4.95. The van der Waals surface area contributed by atoms with Crippen LogP contribution in [0.4, 0.5) is 14.5 Å². The lowest BCUT2D eigenvalue weighted by Crippen LogP contribution is -2.28. The molecule has 0 unspecified atom stereocenters. The van der Waals surface area contributed by atoms with Crippen LogP contribution in [0, 0.1) is 0 Å². The molecule has 1 fully saturated rings. The van der Waals surface area contributed by atoms with Gasteiger partial charge in [-0.1, -0.05) is 42.5 Å². The second kappa shape index (κ2) is 8.67. The van der Waals surface area contributed by atoms with Gasteiger partial charge in [0.25, 0.3) is 0 Å². The fraction of sp³-hybridized carbons (Fsp3) is 0.300. The summed E-state index contributed by atoms with van der Waals surface area (Å²) in [5.74, 6) is 0. The van der Waals surface area contributed by atoms with Crippen LogP contribution in [0.25, 0.3) is 0 Å². The fourth-order valence-corrected chi connectivity index (χ4v) is 2.80. The van der Waals surface area contributed by atoms with E-state index in [0.717, 1.165) is 36.4 Å². The van der Waals surface area contributed by atoms with Crippen LogP contribution in [-0.2, 0) is 6.54 Å². The second-order valence-corrected chi connectivity index (χ2v) is 6.16. The van der Waals surface area contributed by atoms with Crippen LogP contribution >= 0.6 is 0 Å². The van der Waals surface area contributed by atoms with Gasteiger partial charge in [0.1, 0.15) is 0 Å². The number of para-hydroxylation sites is 1. The molecular formula is C20H22F2N4. The molecule has 0 atom stereocenters. The molecule has 2 aromatic rings. The van der Waals surface area contributed by atoms with E-state index in [1.54, 1.807) is 0 Å². The van der Waals surface area contributed by atoms with Crippen molar-refractivity contribution in [3.63, 3.8) is 0 Å². The lowest BCUT2D eigenvalue weighted by molar-refractivity contribution is 0.140. The lowest BCUT2D eigenvalue weighted by Gasteiger charge is -2.25. The third-order valence-corrected chi connectivity index (χ3v) is 4.23. The van der Waals surface area contributed by atoms with Crippen LogP contribution in [0.2, 0.25) is 0 Å². The number of nitrogens with zero attached hydrogens (tertiary/aromatic N) is 4. The molecule has 4 nitrogen and oxygen atoms in total. The largest absolute Gasteiger partial charge is 0.301 e. The Labute approximate surface area is 152 Å². The van der Waals surface area contributed by atoms with E-state index in [9.17, 15) is 8.78 Å². The van der Waals surface area contributed by atoms with Gasteiger partial charge in [-0.05, 0) is 29.7 Å². The van der Waals surface area contributed by atoms with Gasteiger partial charge >= 0.3 is 0 Å². The minimum Gasteiger partial charge on any atom is -0.301 e. The van der Waals surface area contributed by atoms with E-state index in [-0.39, 0.29) is 12.8 Å². The number of hydrogen-bond donors (Lipinski definition) is 0. The number of hydrazine groups is 1. The molecule has 1 saturated heterocycles. The molecular weight excluding hydrogens is 334 g/mol. The highest BCUT2D eigenvalue weighted by Crippen LogP contribution is 2.24. The van der Waals surface area contributed by atoms with Crippen LogP contribution in [0.5, 0.6) is 0 Å². The Hall–Kier alpha value is -2.60. The molecule has 136 valence electrons. The van der Waals surface area contributed by atoms with Crippen molar-refractivity contribution in [1.82, 2.24) is 5.01 Å². The topological polar surface area (TPSA) is 31.0 Å². The summed E-state index contributed by atoms with van der Waals surface area (Å²) in [6.45, 7) is 6.21. The molecule has 3 rings (SSSR count). The van der Waals surface area contributed by atoms with E-state index < -0.39 is 6.43 Å². The zero-order chi connectivity index (χ0) is 18.4. The summed E-state index contributed by atoms with van der Waals surface area (Å²) in [5.41, 5.74) is 3.64. The Morgan fingerprint density at radius 2 is 1.77 bits per heavy atom. The van der Waals surface area contributed by atoms with Gasteiger partial charge in [-0.2, -0.15) is 10.2 Å². The summed E-state index contributed by atoms with van der Waals surface area (Å²) in [6.07, 6.45) is -2.40. The monoisotopic (exact) mass is 356 g/mol. The van der Waals surface area contributed by atoms with Crippen LogP contribution in [0.1, 0.15) is 24.0 Å². The second-order valence-electron chi connectivity index (χ2n) is 6.16. The summed E-state index contributed by atoms with van der Waals surface area (Å²) in [5, 5.41) is 12.0. The van der Waals surface area contributed by atoms with E-state index in [2.05, 4.69) is 39.1 Å². The summed E-state index contributed by atoms with van der Waals surface area (Å²) in [4.78, 5) is 0. The van der Waals surface area contributed by atoms with Gasteiger partial charge in [-0.25, -0.2) is 13.8 Å². The maximum absolute atomic E-state index is 12.5. The van der Waals surface area contributed by atoms with Gasteiger partial charge < -0.3 is 5.01 Å². The van der Waals surface area contributed by atoms with E-state index >= 15 is 0 Å². The zero-order valence-corrected chi connectivity index (χ0v) is 14.6. The number of hydrogen-bond acceptors (Lipinski definition) is 4. The molecule has 0 radical (unpaired) electrons. The van der Waals surface area contributed by atoms with Crippen molar-refractivity contribution in [2.45, 2.75) is 25.8 Å². The van der Waals surface area contributed by atoms with Gasteiger partial charge in [0.2, 0.25) is 6.43 Å². The van der Waals surface area contributed by atoms with Crippen LogP contribution < -0.4 is 5.01 Å². The van der Waals surface area contributed by atoms with Gasteiger partial charge in [0.15, 0.2) is 0 Å². The fourth-order valence-electron chi connectivity index (χ4n) is 2.80. The van der Waals surface area contributed by atoms with Crippen molar-refractivity contribution in [3.05, 3.63) is 65.7 Å². The van der Waals surface area contributed by atoms with Crippen molar-refractivity contribution < 1.29 is 8.78 Å². The maximum Gasteiger partial charge on any atom is 0.239 e. The Balaban J connectivity index is 1.72. The molecule has 0 aliphatic carbocycles. The molecule has 1 heterocycles. The first-order valence-electron chi connectivity index (χ1n) is 8.65. The summed E-state index contributed by atoms with van der Waals surface area (Å²) >= 11 is 0. The van der Waals surface area contributed by atoms with Crippen LogP contribution in [-0.4, -0.2) is 37.0 Å². The molecule has 0 bridgehead atoms. The van der Waals surface area contributed by atoms with Crippen molar-refractivity contribution in [1.29, 1.82) is 0 Å². The van der Waals surface area contributed by atoms with Crippen LogP contribution in [0.15, 0.2) is 64.8 Å². The number of rotatable bonds is 9. The minimum absolute atomic E-state index is 0.181. The highest BCUT2D eigenvalue weighted by molar-refractivity contribution is 6.00. The standard InChI is InChI=1S/C20H22F2N4/c1-23-24-19(11-12-20(21)22)17-9-7-16(8-10-17)15-26(25-13-14-25)18-5-3-2-4-6-18/h2-10,20H,1,11-15H2/b24-19+. The normalized spacial score (nSPS) is 14.5. The van der Waals surface area contributed by atoms with Gasteiger partial charge in [-0.3, -0.25) is 0 Å². The van der Waals surface area contributed by atoms with E-state index in [0.29, 0.717) is 5.71 Å². The average Bonchev–Trinajstić information content (AvgIpc) is 3.49. The van der Waals surface area contributed by atoms with Crippen molar-refractivity contribution >= 4 is 18.1 Å². The highest BCUT2D eigenvalue weighted by Gasteiger charge is 2.25. The molecule has 26 heavy (non-hydrogen) atoms. The summed E-state index contributed by atoms with van der Waals surface area (Å²) in [6, 6.07) is 18.1. The Morgan fingerprint density at radius 1 is 1.08 bits per heavy atom. The molecule has 0 N–H and O–H groups in total. The molecule has 0 aromatic heterocycles. The lowest BCUT2D eigenvalue weighted by atomic mass is 10.0. The average molecular weight is 356 g/mol. The SMILES string of the molecule is C=N/N=C(\CCC(F)F)c1ccc(CN(c2ccccc2)N2CC2)cc1. The highest BCUT2D eigenvalue weighted by atomic mass is 19.3. The summed E-state index contributed by atoms with van der Waals surface area (Å²) < 4.78 is 25.0. The van der Waals surface area contributed by atoms with Crippen LogP contribution in [0.3, 0.4) is 0 Å². The maximum atomic E-state index is 12.5. The first-order valence-corrected chi connectivity index (χ1v) is 8.65. The molecule has 0 amide bonds. The quantitative estimate of drug-likeness (QED) is 0.379. The van der Waals surface area contributed by atoms with E-state index in [1.165, 1.54) is 0 Å². The third-order valence-electron chi connectivity index (χ3n) is 4.23. The number of anilines is 1. The minimum atomic E-state index is -2.35. The Bertz CT molecular complexity index is 740. The molecule has 2 aromatic carbocycles.